The fourth-order valence-corrected chi connectivity index (χ4v) is 1.35. The van der Waals surface area contributed by atoms with Crippen molar-refractivity contribution in [3.63, 3.8) is 0 Å². The van der Waals surface area contributed by atoms with E-state index in [1.165, 1.54) is 0 Å². The average Bonchev–Trinajstić information content (AvgIpc) is 2.39. The van der Waals surface area contributed by atoms with Crippen LogP contribution in [0.25, 0.3) is 0 Å². The van der Waals surface area contributed by atoms with E-state index in [0.29, 0.717) is 5.69 Å². The second-order valence-electron chi connectivity index (χ2n) is 4.72. The van der Waals surface area contributed by atoms with Crippen LogP contribution >= 0.6 is 0 Å². The van der Waals surface area contributed by atoms with Gasteiger partial charge in [0.1, 0.15) is 6.07 Å². The van der Waals surface area contributed by atoms with Gasteiger partial charge >= 0.3 is 0 Å². The van der Waals surface area contributed by atoms with Crippen LogP contribution in [0.1, 0.15) is 19.4 Å². The molecule has 100 valence electrons. The first-order valence-electron chi connectivity index (χ1n) is 5.70. The Kier molecular flexibility index (Phi) is 4.62. The number of aliphatic hydroxyl groups is 1. The molecule has 0 amide bonds. The quantitative estimate of drug-likeness (QED) is 0.360. The minimum atomic E-state index is -0.381. The summed E-state index contributed by atoms with van der Waals surface area (Å²) in [6.45, 7) is 3.94. The summed E-state index contributed by atoms with van der Waals surface area (Å²) in [5.41, 5.74) is 9.02. The first-order valence-corrected chi connectivity index (χ1v) is 5.70. The minimum absolute atomic E-state index is 0.0564. The fourth-order valence-electron chi connectivity index (χ4n) is 1.35. The van der Waals surface area contributed by atoms with Crippen molar-refractivity contribution in [2.24, 2.45) is 10.8 Å². The zero-order chi connectivity index (χ0) is 14.5. The summed E-state index contributed by atoms with van der Waals surface area (Å²) < 4.78 is 0. The molecule has 0 unspecified atom stereocenters. The third-order valence-electron chi connectivity index (χ3n) is 2.72. The van der Waals surface area contributed by atoms with Crippen LogP contribution in [-0.2, 0) is 5.41 Å². The van der Waals surface area contributed by atoms with Crippen LogP contribution in [0.3, 0.4) is 0 Å². The molecule has 0 heterocycles. The first-order chi connectivity index (χ1) is 8.90. The van der Waals surface area contributed by atoms with Gasteiger partial charge in [-0.1, -0.05) is 26.0 Å². The smallest absolute Gasteiger partial charge is 0.201 e. The second-order valence-corrected chi connectivity index (χ2v) is 4.72. The Labute approximate surface area is 112 Å². The Morgan fingerprint density at radius 3 is 2.47 bits per heavy atom. The van der Waals surface area contributed by atoms with Gasteiger partial charge in [-0.25, -0.2) is 0 Å². The molecule has 0 aliphatic rings. The zero-order valence-corrected chi connectivity index (χ0v) is 10.9. The summed E-state index contributed by atoms with van der Waals surface area (Å²) >= 11 is 0. The van der Waals surface area contributed by atoms with E-state index in [9.17, 15) is 5.11 Å². The number of hydrogen-bond acceptors (Lipinski definition) is 5. The summed E-state index contributed by atoms with van der Waals surface area (Å²) in [7, 11) is 0. The molecule has 6 nitrogen and oxygen atoms in total. The van der Waals surface area contributed by atoms with Crippen LogP contribution in [-0.4, -0.2) is 23.3 Å². The lowest BCUT2D eigenvalue weighted by Crippen LogP contribution is -2.22. The van der Waals surface area contributed by atoms with Crippen LogP contribution in [0.15, 0.2) is 29.4 Å². The molecule has 19 heavy (non-hydrogen) atoms. The molecule has 0 atom stereocenters. The summed E-state index contributed by atoms with van der Waals surface area (Å²) in [5, 5.41) is 28.8. The summed E-state index contributed by atoms with van der Waals surface area (Å²) in [6, 6.07) is 9.03. The van der Waals surface area contributed by atoms with E-state index >= 15 is 0 Å². The van der Waals surface area contributed by atoms with Crippen LogP contribution in [0.5, 0.6) is 0 Å². The van der Waals surface area contributed by atoms with Gasteiger partial charge in [0.15, 0.2) is 5.84 Å². The van der Waals surface area contributed by atoms with E-state index in [0.717, 1.165) is 5.56 Å². The van der Waals surface area contributed by atoms with Crippen LogP contribution in [0, 0.1) is 16.7 Å². The van der Waals surface area contributed by atoms with Crippen LogP contribution in [0.4, 0.5) is 5.69 Å². The fraction of sp³-hybridized carbons (Fsp3) is 0.308. The third kappa shape index (κ3) is 3.79. The van der Waals surface area contributed by atoms with Gasteiger partial charge in [0.25, 0.3) is 0 Å². The number of hydrogen-bond donors (Lipinski definition) is 4. The molecule has 0 saturated heterocycles. The van der Waals surface area contributed by atoms with Gasteiger partial charge in [0, 0.05) is 5.41 Å². The number of anilines is 1. The number of nitrogens with zero attached hydrogens (tertiary/aromatic N) is 2. The van der Waals surface area contributed by atoms with Gasteiger partial charge in [-0.2, -0.15) is 10.4 Å². The Morgan fingerprint density at radius 2 is 2.05 bits per heavy atom. The lowest BCUT2D eigenvalue weighted by atomic mass is 9.86. The maximum absolute atomic E-state index is 9.27. The highest BCUT2D eigenvalue weighted by Gasteiger charge is 2.18. The number of amidine groups is 1. The van der Waals surface area contributed by atoms with Gasteiger partial charge in [-0.15, -0.1) is 0 Å². The average molecular weight is 259 g/mol. The van der Waals surface area contributed by atoms with Crippen LogP contribution < -0.4 is 11.2 Å². The zero-order valence-electron chi connectivity index (χ0n) is 10.9. The molecular formula is C13H17N5O. The van der Waals surface area contributed by atoms with Crippen molar-refractivity contribution in [2.75, 3.05) is 12.0 Å². The number of nitriles is 1. The van der Waals surface area contributed by atoms with Gasteiger partial charge in [-0.05, 0) is 17.7 Å². The largest absolute Gasteiger partial charge is 0.395 e. The van der Waals surface area contributed by atoms with Crippen LogP contribution in [0.2, 0.25) is 0 Å². The van der Waals surface area contributed by atoms with Crippen molar-refractivity contribution in [2.45, 2.75) is 19.3 Å². The molecule has 0 aromatic heterocycles. The molecule has 0 saturated carbocycles. The SMILES string of the molecule is CC(C)(CO)c1ccc(N/N=C(\C#N)C(=N)N)cc1. The molecule has 0 aliphatic heterocycles. The molecule has 0 bridgehead atoms. The predicted octanol–water partition coefficient (Wildman–Crippen LogP) is 1.18. The topological polar surface area (TPSA) is 118 Å². The lowest BCUT2D eigenvalue weighted by molar-refractivity contribution is 0.218. The molecular weight excluding hydrogens is 242 g/mol. The maximum atomic E-state index is 9.27. The standard InChI is InChI=1S/C13H17N5O/c1-13(2,8-19)9-3-5-10(6-4-9)17-18-11(7-14)12(15)16/h3-6,17,19H,8H2,1-2H3,(H3,15,16)/b18-11+. The van der Waals surface area contributed by atoms with Crippen molar-refractivity contribution in [1.29, 1.82) is 10.7 Å². The molecule has 0 fully saturated rings. The Bertz CT molecular complexity index is 525. The minimum Gasteiger partial charge on any atom is -0.395 e. The van der Waals surface area contributed by atoms with Crippen molar-refractivity contribution in [3.8, 4) is 6.07 Å². The summed E-state index contributed by atoms with van der Waals surface area (Å²) in [4.78, 5) is 0. The van der Waals surface area contributed by atoms with Crippen molar-refractivity contribution < 1.29 is 5.11 Å². The number of aliphatic hydroxyl groups excluding tert-OH is 1. The Morgan fingerprint density at radius 1 is 1.47 bits per heavy atom. The monoisotopic (exact) mass is 259 g/mol. The highest BCUT2D eigenvalue weighted by atomic mass is 16.3. The van der Waals surface area contributed by atoms with Gasteiger partial charge in [-0.3, -0.25) is 10.8 Å². The number of benzene rings is 1. The number of hydrazone groups is 1. The molecule has 1 aromatic rings. The highest BCUT2D eigenvalue weighted by molar-refractivity contribution is 6.45. The van der Waals surface area contributed by atoms with E-state index in [1.54, 1.807) is 18.2 Å². The van der Waals surface area contributed by atoms with Gasteiger partial charge < -0.3 is 10.8 Å². The summed E-state index contributed by atoms with van der Waals surface area (Å²) in [5.74, 6) is -0.381. The number of rotatable bonds is 5. The predicted molar refractivity (Wildman–Crippen MR) is 75.1 cm³/mol. The number of nitrogens with two attached hydrogens (primary N) is 1. The van der Waals surface area contributed by atoms with E-state index in [4.69, 9.17) is 16.4 Å². The molecule has 1 aromatic carbocycles. The highest BCUT2D eigenvalue weighted by Crippen LogP contribution is 2.23. The van der Waals surface area contributed by atoms with E-state index in [2.05, 4.69) is 10.5 Å². The first kappa shape index (κ1) is 14.7. The molecule has 6 heteroatoms. The molecule has 0 aliphatic carbocycles. The van der Waals surface area contributed by atoms with Crippen molar-refractivity contribution in [3.05, 3.63) is 29.8 Å². The van der Waals surface area contributed by atoms with E-state index in [-0.39, 0.29) is 23.6 Å². The normalized spacial score (nSPS) is 11.8. The van der Waals surface area contributed by atoms with Crippen molar-refractivity contribution >= 4 is 17.2 Å². The second kappa shape index (κ2) is 5.98. The Balaban J connectivity index is 2.84. The van der Waals surface area contributed by atoms with Gasteiger partial charge in [0.05, 0.1) is 12.3 Å². The van der Waals surface area contributed by atoms with E-state index in [1.807, 2.05) is 26.0 Å². The molecule has 1 rings (SSSR count). The maximum Gasteiger partial charge on any atom is 0.201 e. The van der Waals surface area contributed by atoms with Gasteiger partial charge in [0.2, 0.25) is 5.71 Å². The Hall–Kier alpha value is -2.39. The molecule has 5 N–H and O–H groups in total. The van der Waals surface area contributed by atoms with Crippen molar-refractivity contribution in [1.82, 2.24) is 0 Å². The molecule has 0 spiro atoms. The van der Waals surface area contributed by atoms with E-state index < -0.39 is 0 Å². The molecule has 0 radical (unpaired) electrons. The third-order valence-corrected chi connectivity index (χ3v) is 2.72. The number of nitrogens with one attached hydrogen (secondary N) is 2. The summed E-state index contributed by atoms with van der Waals surface area (Å²) in [6.07, 6.45) is 0. The lowest BCUT2D eigenvalue weighted by Gasteiger charge is -2.22.